The van der Waals surface area contributed by atoms with E-state index in [0.29, 0.717) is 6.54 Å². The summed E-state index contributed by atoms with van der Waals surface area (Å²) in [6.07, 6.45) is 3.32. The second-order valence-corrected chi connectivity index (χ2v) is 11.6. The summed E-state index contributed by atoms with van der Waals surface area (Å²) >= 11 is 12.0. The number of benzene rings is 1. The molecule has 180 valence electrons. The molecule has 33 heavy (non-hydrogen) atoms. The third-order valence-corrected chi connectivity index (χ3v) is 7.76. The molecule has 0 saturated heterocycles. The van der Waals surface area contributed by atoms with Gasteiger partial charge in [-0.05, 0) is 43.7 Å². The van der Waals surface area contributed by atoms with Crippen LogP contribution in [-0.4, -0.2) is 27.4 Å². The lowest BCUT2D eigenvalue weighted by Gasteiger charge is -2.40. The summed E-state index contributed by atoms with van der Waals surface area (Å²) < 4.78 is 67.4. The van der Waals surface area contributed by atoms with Gasteiger partial charge in [0.1, 0.15) is 22.5 Å². The number of anilines is 1. The Hall–Kier alpha value is -2.23. The summed E-state index contributed by atoms with van der Waals surface area (Å²) in [4.78, 5) is 9.72. The first-order valence-corrected chi connectivity index (χ1v) is 12.5. The van der Waals surface area contributed by atoms with Crippen LogP contribution in [0.25, 0.3) is 5.69 Å². The lowest BCUT2D eigenvalue weighted by molar-refractivity contribution is -0.140. The van der Waals surface area contributed by atoms with Crippen molar-refractivity contribution in [3.8, 4) is 11.8 Å². The van der Waals surface area contributed by atoms with Crippen molar-refractivity contribution in [2.75, 3.05) is 11.9 Å². The predicted octanol–water partition coefficient (Wildman–Crippen LogP) is 7.04. The SMILES string of the molecule is N#Cc1nn(-c2c(Cl)cc(S(F)(F)(F)(F)F)cc2Cl)c(NCC2CCC2)c1C1(C(=O)O)CC1. The molecule has 2 fully saturated rings. The van der Waals surface area contributed by atoms with Crippen LogP contribution in [0.5, 0.6) is 0 Å². The lowest BCUT2D eigenvalue weighted by atomic mass is 9.85. The Morgan fingerprint density at radius 3 is 2.21 bits per heavy atom. The molecule has 1 aromatic heterocycles. The molecule has 1 heterocycles. The van der Waals surface area contributed by atoms with Crippen LogP contribution >= 0.6 is 33.4 Å². The summed E-state index contributed by atoms with van der Waals surface area (Å²) in [5, 5.41) is 24.9. The van der Waals surface area contributed by atoms with Gasteiger partial charge in [0.05, 0.1) is 21.0 Å². The molecule has 2 N–H and O–H groups in total. The topological polar surface area (TPSA) is 90.9 Å². The summed E-state index contributed by atoms with van der Waals surface area (Å²) in [7, 11) is -10.1. The van der Waals surface area contributed by atoms with Gasteiger partial charge in [0.2, 0.25) is 0 Å². The van der Waals surface area contributed by atoms with E-state index < -0.39 is 36.5 Å². The van der Waals surface area contributed by atoms with Crippen molar-refractivity contribution >= 4 is 45.2 Å². The maximum Gasteiger partial charge on any atom is 0.314 e. The number of rotatable bonds is 7. The summed E-state index contributed by atoms with van der Waals surface area (Å²) in [6, 6.07) is 1.92. The molecule has 0 amide bonds. The number of carboxylic acids is 1. The van der Waals surface area contributed by atoms with Crippen LogP contribution in [0.4, 0.5) is 25.2 Å². The number of hydrogen-bond donors (Lipinski definition) is 2. The standard InChI is InChI=1S/C19H17Cl2F5N4O2S/c20-12-6-11(33(22,23,24,25)26)7-13(21)16(12)30-17(28-9-10-2-1-3-10)15(14(8-27)29-30)19(4-5-19)18(31)32/h6-7,10,28H,1-5,9H2,(H,31,32). The van der Waals surface area contributed by atoms with Crippen molar-refractivity contribution in [3.05, 3.63) is 33.4 Å². The molecule has 0 unspecified atom stereocenters. The van der Waals surface area contributed by atoms with E-state index in [4.69, 9.17) is 23.2 Å². The van der Waals surface area contributed by atoms with Crippen LogP contribution in [0, 0.1) is 17.2 Å². The van der Waals surface area contributed by atoms with Crippen molar-refractivity contribution in [2.45, 2.75) is 42.4 Å². The molecule has 0 bridgehead atoms. The quantitative estimate of drug-likeness (QED) is 0.374. The maximum atomic E-state index is 13.3. The van der Waals surface area contributed by atoms with Gasteiger partial charge in [-0.3, -0.25) is 4.79 Å². The number of carboxylic acid groups (broad SMARTS) is 1. The molecule has 0 spiro atoms. The summed E-state index contributed by atoms with van der Waals surface area (Å²) in [5.74, 6) is -0.867. The van der Waals surface area contributed by atoms with E-state index in [-0.39, 0.29) is 53.7 Å². The van der Waals surface area contributed by atoms with E-state index in [1.807, 2.05) is 6.07 Å². The van der Waals surface area contributed by atoms with Crippen molar-refractivity contribution < 1.29 is 29.3 Å². The minimum atomic E-state index is -10.1. The molecule has 2 aliphatic rings. The highest BCUT2D eigenvalue weighted by molar-refractivity contribution is 8.45. The molecule has 1 aromatic carbocycles. The van der Waals surface area contributed by atoms with Crippen LogP contribution in [-0.2, 0) is 10.2 Å². The first kappa shape index (κ1) is 23.9. The molecular formula is C19H17Cl2F5N4O2S. The average molecular weight is 531 g/mol. The van der Waals surface area contributed by atoms with Crippen LogP contribution < -0.4 is 5.32 Å². The van der Waals surface area contributed by atoms with Crippen molar-refractivity contribution in [1.29, 1.82) is 5.26 Å². The number of carbonyl (C=O) groups is 1. The van der Waals surface area contributed by atoms with E-state index in [0.717, 1.165) is 23.9 Å². The molecule has 6 nitrogen and oxygen atoms in total. The number of nitriles is 1. The Morgan fingerprint density at radius 2 is 1.82 bits per heavy atom. The van der Waals surface area contributed by atoms with E-state index in [1.165, 1.54) is 0 Å². The highest BCUT2D eigenvalue weighted by Gasteiger charge is 2.65. The van der Waals surface area contributed by atoms with Crippen molar-refractivity contribution in [3.63, 3.8) is 0 Å². The normalized spacial score (nSPS) is 19.7. The lowest BCUT2D eigenvalue weighted by Crippen LogP contribution is -2.25. The van der Waals surface area contributed by atoms with Gasteiger partial charge in [-0.25, -0.2) is 4.68 Å². The van der Waals surface area contributed by atoms with Gasteiger partial charge in [0.15, 0.2) is 5.69 Å². The van der Waals surface area contributed by atoms with Gasteiger partial charge < -0.3 is 10.4 Å². The third-order valence-electron chi connectivity index (χ3n) is 6.06. The monoisotopic (exact) mass is 530 g/mol. The molecule has 2 aliphatic carbocycles. The van der Waals surface area contributed by atoms with Gasteiger partial charge >= 0.3 is 16.2 Å². The van der Waals surface area contributed by atoms with Gasteiger partial charge in [-0.2, -0.15) is 10.4 Å². The fraction of sp³-hybridized carbons (Fsp3) is 0.421. The number of aliphatic carboxylic acids is 1. The van der Waals surface area contributed by atoms with Gasteiger partial charge in [-0.1, -0.05) is 49.1 Å². The molecule has 2 aromatic rings. The van der Waals surface area contributed by atoms with E-state index >= 15 is 0 Å². The Bertz CT molecular complexity index is 1200. The van der Waals surface area contributed by atoms with Crippen LogP contribution in [0.1, 0.15) is 43.4 Å². The Kier molecular flexibility index (Phi) is 5.00. The van der Waals surface area contributed by atoms with Crippen molar-refractivity contribution in [2.24, 2.45) is 5.92 Å². The second-order valence-electron chi connectivity index (χ2n) is 8.37. The summed E-state index contributed by atoms with van der Waals surface area (Å²) in [6.45, 7) is 0.387. The molecule has 2 saturated carbocycles. The first-order valence-electron chi connectivity index (χ1n) is 9.82. The van der Waals surface area contributed by atoms with Crippen LogP contribution in [0.15, 0.2) is 17.0 Å². The zero-order valence-electron chi connectivity index (χ0n) is 16.7. The minimum Gasteiger partial charge on any atom is -0.481 e. The largest absolute Gasteiger partial charge is 0.481 e. The molecule has 14 heteroatoms. The van der Waals surface area contributed by atoms with E-state index in [1.54, 1.807) is 0 Å². The highest BCUT2D eigenvalue weighted by atomic mass is 35.5. The third kappa shape index (κ3) is 4.22. The smallest absolute Gasteiger partial charge is 0.314 e. The molecule has 0 aliphatic heterocycles. The molecule has 0 radical (unpaired) electrons. The summed E-state index contributed by atoms with van der Waals surface area (Å²) in [5.41, 5.74) is -1.96. The molecule has 0 atom stereocenters. The zero-order chi connectivity index (χ0) is 24.5. The number of nitrogens with one attached hydrogen (secondary N) is 1. The first-order chi connectivity index (χ1) is 15.1. The van der Waals surface area contributed by atoms with Gasteiger partial charge in [-0.15, -0.1) is 0 Å². The Morgan fingerprint density at radius 1 is 1.24 bits per heavy atom. The Balaban J connectivity index is 1.92. The van der Waals surface area contributed by atoms with E-state index in [9.17, 15) is 34.6 Å². The second kappa shape index (κ2) is 6.90. The van der Waals surface area contributed by atoms with Crippen LogP contribution in [0.2, 0.25) is 10.0 Å². The zero-order valence-corrected chi connectivity index (χ0v) is 19.1. The molecule has 4 rings (SSSR count). The average Bonchev–Trinajstić information content (AvgIpc) is 3.36. The highest BCUT2D eigenvalue weighted by Crippen LogP contribution is 3.02. The van der Waals surface area contributed by atoms with Gasteiger partial charge in [0.25, 0.3) is 0 Å². The fourth-order valence-corrected chi connectivity index (χ4v) is 5.33. The number of nitrogens with zero attached hydrogens (tertiary/aromatic N) is 3. The van der Waals surface area contributed by atoms with Gasteiger partial charge in [0, 0.05) is 6.54 Å². The Labute approximate surface area is 195 Å². The van der Waals surface area contributed by atoms with Crippen molar-refractivity contribution in [1.82, 2.24) is 9.78 Å². The predicted molar refractivity (Wildman–Crippen MR) is 114 cm³/mol. The molecular weight excluding hydrogens is 514 g/mol. The van der Waals surface area contributed by atoms with E-state index in [2.05, 4.69) is 10.4 Å². The number of halogens is 7. The maximum absolute atomic E-state index is 13.3. The number of hydrogen-bond acceptors (Lipinski definition) is 4. The fourth-order valence-electron chi connectivity index (χ4n) is 3.88. The minimum absolute atomic E-state index is 0.0437. The van der Waals surface area contributed by atoms with Crippen LogP contribution in [0.3, 0.4) is 0 Å². The number of aromatic nitrogens is 2.